The van der Waals surface area contributed by atoms with Gasteiger partial charge in [0.15, 0.2) is 11.5 Å². The molecule has 1 atom stereocenters. The molecule has 0 aliphatic carbocycles. The molecule has 1 saturated heterocycles. The number of aryl methyl sites for hydroxylation is 1. The van der Waals surface area contributed by atoms with Crippen LogP contribution in [0.2, 0.25) is 0 Å². The Morgan fingerprint density at radius 2 is 1.92 bits per heavy atom. The maximum Gasteiger partial charge on any atom is 0.251 e. The number of carbonyl (C=O) groups excluding carboxylic acids is 2. The molecule has 26 heavy (non-hydrogen) atoms. The summed E-state index contributed by atoms with van der Waals surface area (Å²) >= 11 is 0. The molecule has 2 aliphatic rings. The predicted molar refractivity (Wildman–Crippen MR) is 96.5 cm³/mol. The third-order valence-corrected chi connectivity index (χ3v) is 4.74. The first-order valence-electron chi connectivity index (χ1n) is 8.65. The Labute approximate surface area is 151 Å². The van der Waals surface area contributed by atoms with E-state index >= 15 is 0 Å². The highest BCUT2D eigenvalue weighted by atomic mass is 16.7. The first-order chi connectivity index (χ1) is 12.6. The van der Waals surface area contributed by atoms with Crippen molar-refractivity contribution in [2.45, 2.75) is 13.3 Å². The SMILES string of the molecule is Cc1ccc(C(=O)NC[C@H]2CC(=O)N(c3ccc4c(c3)OCO4)C2)cc1. The zero-order chi connectivity index (χ0) is 18.1. The third-order valence-electron chi connectivity index (χ3n) is 4.74. The number of hydrogen-bond acceptors (Lipinski definition) is 4. The highest BCUT2D eigenvalue weighted by Gasteiger charge is 2.31. The van der Waals surface area contributed by atoms with Crippen molar-refractivity contribution in [3.05, 3.63) is 53.6 Å². The zero-order valence-electron chi connectivity index (χ0n) is 14.5. The Morgan fingerprint density at radius 3 is 2.73 bits per heavy atom. The third kappa shape index (κ3) is 3.22. The minimum absolute atomic E-state index is 0.0541. The normalized spacial score (nSPS) is 18.3. The van der Waals surface area contributed by atoms with E-state index in [1.807, 2.05) is 49.4 Å². The number of rotatable bonds is 4. The lowest BCUT2D eigenvalue weighted by molar-refractivity contribution is -0.117. The molecule has 6 nitrogen and oxygen atoms in total. The van der Waals surface area contributed by atoms with E-state index < -0.39 is 0 Å². The molecule has 4 rings (SSSR count). The van der Waals surface area contributed by atoms with E-state index in [0.717, 1.165) is 11.3 Å². The fourth-order valence-electron chi connectivity index (χ4n) is 3.26. The fraction of sp³-hybridized carbons (Fsp3) is 0.300. The number of fused-ring (bicyclic) bond motifs is 1. The zero-order valence-corrected chi connectivity index (χ0v) is 14.5. The molecule has 0 aromatic heterocycles. The summed E-state index contributed by atoms with van der Waals surface area (Å²) in [7, 11) is 0. The van der Waals surface area contributed by atoms with Crippen LogP contribution in [0.4, 0.5) is 5.69 Å². The van der Waals surface area contributed by atoms with Gasteiger partial charge in [-0.2, -0.15) is 0 Å². The van der Waals surface area contributed by atoms with Gasteiger partial charge in [0.25, 0.3) is 5.91 Å². The lowest BCUT2D eigenvalue weighted by atomic mass is 10.1. The molecule has 6 heteroatoms. The van der Waals surface area contributed by atoms with Crippen molar-refractivity contribution in [3.63, 3.8) is 0 Å². The van der Waals surface area contributed by atoms with E-state index in [1.165, 1.54) is 0 Å². The monoisotopic (exact) mass is 352 g/mol. The molecule has 2 amide bonds. The van der Waals surface area contributed by atoms with Crippen LogP contribution in [0.3, 0.4) is 0 Å². The average Bonchev–Trinajstić information content (AvgIpc) is 3.25. The number of ether oxygens (including phenoxy) is 2. The van der Waals surface area contributed by atoms with Gasteiger partial charge in [-0.25, -0.2) is 0 Å². The lowest BCUT2D eigenvalue weighted by Crippen LogP contribution is -2.31. The van der Waals surface area contributed by atoms with Crippen molar-refractivity contribution in [2.24, 2.45) is 5.92 Å². The molecule has 0 saturated carbocycles. The molecule has 2 aromatic rings. The minimum atomic E-state index is -0.112. The summed E-state index contributed by atoms with van der Waals surface area (Å²) in [6.07, 6.45) is 0.419. The predicted octanol–water partition coefficient (Wildman–Crippen LogP) is 2.51. The van der Waals surface area contributed by atoms with E-state index in [9.17, 15) is 9.59 Å². The van der Waals surface area contributed by atoms with Gasteiger partial charge in [0.1, 0.15) is 0 Å². The second kappa shape index (κ2) is 6.71. The van der Waals surface area contributed by atoms with Crippen molar-refractivity contribution >= 4 is 17.5 Å². The summed E-state index contributed by atoms with van der Waals surface area (Å²) in [5.74, 6) is 1.38. The smallest absolute Gasteiger partial charge is 0.251 e. The van der Waals surface area contributed by atoms with Crippen LogP contribution in [0, 0.1) is 12.8 Å². The van der Waals surface area contributed by atoms with E-state index in [4.69, 9.17) is 9.47 Å². The molecular formula is C20H20N2O4. The summed E-state index contributed by atoms with van der Waals surface area (Å²) < 4.78 is 10.7. The molecule has 2 aromatic carbocycles. The molecule has 0 unspecified atom stereocenters. The van der Waals surface area contributed by atoms with Crippen LogP contribution in [0.25, 0.3) is 0 Å². The Hall–Kier alpha value is -3.02. The molecule has 0 radical (unpaired) electrons. The fourth-order valence-corrected chi connectivity index (χ4v) is 3.26. The van der Waals surface area contributed by atoms with Crippen LogP contribution in [-0.4, -0.2) is 31.7 Å². The molecule has 134 valence electrons. The number of benzene rings is 2. The topological polar surface area (TPSA) is 67.9 Å². The van der Waals surface area contributed by atoms with Gasteiger partial charge in [-0.3, -0.25) is 9.59 Å². The number of nitrogens with zero attached hydrogens (tertiary/aromatic N) is 1. The van der Waals surface area contributed by atoms with E-state index in [2.05, 4.69) is 5.32 Å². The Balaban J connectivity index is 1.37. The van der Waals surface area contributed by atoms with E-state index in [0.29, 0.717) is 36.6 Å². The average molecular weight is 352 g/mol. The molecule has 1 N–H and O–H groups in total. The highest BCUT2D eigenvalue weighted by molar-refractivity contribution is 5.96. The number of anilines is 1. The highest BCUT2D eigenvalue weighted by Crippen LogP contribution is 2.37. The lowest BCUT2D eigenvalue weighted by Gasteiger charge is -2.17. The van der Waals surface area contributed by atoms with E-state index in [-0.39, 0.29) is 24.5 Å². The van der Waals surface area contributed by atoms with E-state index in [1.54, 1.807) is 4.90 Å². The van der Waals surface area contributed by atoms with Crippen LogP contribution in [0.15, 0.2) is 42.5 Å². The summed E-state index contributed by atoms with van der Waals surface area (Å²) in [5, 5.41) is 2.93. The number of carbonyl (C=O) groups is 2. The molecule has 0 spiro atoms. The second-order valence-corrected chi connectivity index (χ2v) is 6.69. The van der Waals surface area contributed by atoms with Crippen LogP contribution < -0.4 is 19.7 Å². The number of amides is 2. The standard InChI is InChI=1S/C20H20N2O4/c1-13-2-4-15(5-3-13)20(24)21-10-14-8-19(23)22(11-14)16-6-7-17-18(9-16)26-12-25-17/h2-7,9,14H,8,10-12H2,1H3,(H,21,24)/t14-/m1/s1. The van der Waals surface area contributed by atoms with Gasteiger partial charge in [-0.05, 0) is 31.2 Å². The van der Waals surface area contributed by atoms with Crippen molar-refractivity contribution in [2.75, 3.05) is 24.8 Å². The quantitative estimate of drug-likeness (QED) is 0.918. The molecule has 0 bridgehead atoms. The molecular weight excluding hydrogens is 332 g/mol. The maximum atomic E-state index is 12.4. The van der Waals surface area contributed by atoms with Crippen molar-refractivity contribution in [3.8, 4) is 11.5 Å². The van der Waals surface area contributed by atoms with Crippen molar-refractivity contribution in [1.29, 1.82) is 0 Å². The van der Waals surface area contributed by atoms with Crippen LogP contribution in [0.5, 0.6) is 11.5 Å². The van der Waals surface area contributed by atoms with Crippen LogP contribution in [0.1, 0.15) is 22.3 Å². The van der Waals surface area contributed by atoms with Gasteiger partial charge in [-0.1, -0.05) is 17.7 Å². The van der Waals surface area contributed by atoms with Crippen LogP contribution >= 0.6 is 0 Å². The van der Waals surface area contributed by atoms with Crippen molar-refractivity contribution < 1.29 is 19.1 Å². The summed E-state index contributed by atoms with van der Waals surface area (Å²) in [6, 6.07) is 12.9. The molecule has 1 fully saturated rings. The maximum absolute atomic E-state index is 12.4. The van der Waals surface area contributed by atoms with Gasteiger partial charge in [0.2, 0.25) is 12.7 Å². The van der Waals surface area contributed by atoms with Crippen molar-refractivity contribution in [1.82, 2.24) is 5.32 Å². The van der Waals surface area contributed by atoms with Gasteiger partial charge < -0.3 is 19.7 Å². The summed E-state index contributed by atoms with van der Waals surface area (Å²) in [4.78, 5) is 26.4. The first-order valence-corrected chi connectivity index (χ1v) is 8.65. The molecule has 2 aliphatic heterocycles. The number of hydrogen-bond donors (Lipinski definition) is 1. The second-order valence-electron chi connectivity index (χ2n) is 6.69. The van der Waals surface area contributed by atoms with Gasteiger partial charge in [0, 0.05) is 42.7 Å². The molecule has 2 heterocycles. The Kier molecular flexibility index (Phi) is 4.24. The minimum Gasteiger partial charge on any atom is -0.454 e. The Morgan fingerprint density at radius 1 is 1.15 bits per heavy atom. The van der Waals surface area contributed by atoms with Gasteiger partial charge in [0.05, 0.1) is 0 Å². The Bertz CT molecular complexity index is 847. The first kappa shape index (κ1) is 16.4. The summed E-state index contributed by atoms with van der Waals surface area (Å²) in [6.45, 7) is 3.24. The van der Waals surface area contributed by atoms with Crippen LogP contribution in [-0.2, 0) is 4.79 Å². The van der Waals surface area contributed by atoms with Gasteiger partial charge in [-0.15, -0.1) is 0 Å². The largest absolute Gasteiger partial charge is 0.454 e. The number of nitrogens with one attached hydrogen (secondary N) is 1. The summed E-state index contributed by atoms with van der Waals surface area (Å²) in [5.41, 5.74) is 2.54. The van der Waals surface area contributed by atoms with Gasteiger partial charge >= 0.3 is 0 Å².